The van der Waals surface area contributed by atoms with E-state index in [1.54, 1.807) is 7.11 Å². The number of carbonyl (C=O) groups excluding carboxylic acids is 2. The first-order valence-corrected chi connectivity index (χ1v) is 5.66. The Bertz CT molecular complexity index is 426. The van der Waals surface area contributed by atoms with Crippen LogP contribution in [0.25, 0.3) is 0 Å². The topological polar surface area (TPSA) is 80.3 Å². The van der Waals surface area contributed by atoms with Crippen LogP contribution < -0.4 is 10.6 Å². The molecule has 0 aromatic carbocycles. The predicted molar refractivity (Wildman–Crippen MR) is 66.5 cm³/mol. The minimum Gasteiger partial charge on any atom is -0.383 e. The summed E-state index contributed by atoms with van der Waals surface area (Å²) in [5.41, 5.74) is 0.288. The third kappa shape index (κ3) is 4.68. The standard InChI is InChI=1S/C11H14ClN3O3/c1-18-5-4-14-10(16)7-15-11(17)8-2-3-13-6-9(8)12/h2-3,6H,4-5,7H2,1H3,(H,14,16)(H,15,17). The van der Waals surface area contributed by atoms with Crippen molar-refractivity contribution in [3.63, 3.8) is 0 Å². The van der Waals surface area contributed by atoms with Crippen LogP contribution in [0.3, 0.4) is 0 Å². The molecule has 1 rings (SSSR count). The van der Waals surface area contributed by atoms with Gasteiger partial charge < -0.3 is 15.4 Å². The molecule has 2 amide bonds. The number of aromatic nitrogens is 1. The molecule has 0 aliphatic carbocycles. The molecule has 1 aromatic rings. The number of amides is 2. The number of nitrogens with zero attached hydrogens (tertiary/aromatic N) is 1. The SMILES string of the molecule is COCCNC(=O)CNC(=O)c1ccncc1Cl. The van der Waals surface area contributed by atoms with Crippen LogP contribution in [0.4, 0.5) is 0 Å². The second-order valence-corrected chi connectivity index (χ2v) is 3.79. The van der Waals surface area contributed by atoms with Crippen molar-refractivity contribution in [2.75, 3.05) is 26.8 Å². The largest absolute Gasteiger partial charge is 0.383 e. The van der Waals surface area contributed by atoms with Gasteiger partial charge in [0.05, 0.1) is 23.7 Å². The molecule has 0 atom stereocenters. The third-order valence-electron chi connectivity index (χ3n) is 2.05. The second kappa shape index (κ2) is 7.62. The number of methoxy groups -OCH3 is 1. The summed E-state index contributed by atoms with van der Waals surface area (Å²) in [6.45, 7) is 0.721. The average Bonchev–Trinajstić information content (AvgIpc) is 2.37. The summed E-state index contributed by atoms with van der Waals surface area (Å²) in [4.78, 5) is 26.8. The van der Waals surface area contributed by atoms with Crippen LogP contribution in [-0.4, -0.2) is 43.6 Å². The van der Waals surface area contributed by atoms with Gasteiger partial charge in [0, 0.05) is 26.0 Å². The summed E-state index contributed by atoms with van der Waals surface area (Å²) in [5, 5.41) is 5.29. The van der Waals surface area contributed by atoms with E-state index >= 15 is 0 Å². The molecule has 0 aliphatic rings. The van der Waals surface area contributed by atoms with E-state index in [0.29, 0.717) is 13.2 Å². The molecule has 0 saturated heterocycles. The molecule has 0 bridgehead atoms. The zero-order valence-electron chi connectivity index (χ0n) is 9.90. The number of hydrogen-bond donors (Lipinski definition) is 2. The van der Waals surface area contributed by atoms with Gasteiger partial charge in [-0.05, 0) is 6.07 Å². The highest BCUT2D eigenvalue weighted by atomic mass is 35.5. The van der Waals surface area contributed by atoms with E-state index in [4.69, 9.17) is 16.3 Å². The van der Waals surface area contributed by atoms with Crippen LogP contribution in [0.2, 0.25) is 5.02 Å². The number of pyridine rings is 1. The van der Waals surface area contributed by atoms with Crippen LogP contribution in [0.5, 0.6) is 0 Å². The first-order valence-electron chi connectivity index (χ1n) is 5.28. The predicted octanol–water partition coefficient (Wildman–Crippen LogP) is 0.227. The molecule has 0 spiro atoms. The molecule has 18 heavy (non-hydrogen) atoms. The Balaban J connectivity index is 2.38. The van der Waals surface area contributed by atoms with Gasteiger partial charge in [0.2, 0.25) is 5.91 Å². The molecule has 0 fully saturated rings. The Kier molecular flexibility index (Phi) is 6.10. The zero-order chi connectivity index (χ0) is 13.4. The van der Waals surface area contributed by atoms with Gasteiger partial charge >= 0.3 is 0 Å². The van der Waals surface area contributed by atoms with Gasteiger partial charge in [-0.25, -0.2) is 0 Å². The number of carbonyl (C=O) groups is 2. The summed E-state index contributed by atoms with van der Waals surface area (Å²) >= 11 is 5.80. The zero-order valence-corrected chi connectivity index (χ0v) is 10.7. The van der Waals surface area contributed by atoms with E-state index in [9.17, 15) is 9.59 Å². The lowest BCUT2D eigenvalue weighted by Gasteiger charge is -2.07. The Labute approximate surface area is 110 Å². The number of halogens is 1. The number of hydrogen-bond acceptors (Lipinski definition) is 4. The summed E-state index contributed by atoms with van der Waals surface area (Å²) in [6, 6.07) is 1.49. The van der Waals surface area contributed by atoms with Crippen LogP contribution >= 0.6 is 11.6 Å². The molecule has 0 aliphatic heterocycles. The van der Waals surface area contributed by atoms with Crippen molar-refractivity contribution in [1.82, 2.24) is 15.6 Å². The summed E-state index contributed by atoms with van der Waals surface area (Å²) in [6.07, 6.45) is 2.83. The second-order valence-electron chi connectivity index (χ2n) is 3.38. The van der Waals surface area contributed by atoms with Gasteiger partial charge in [0.15, 0.2) is 0 Å². The molecule has 0 radical (unpaired) electrons. The molecular weight excluding hydrogens is 258 g/mol. The summed E-state index contributed by atoms with van der Waals surface area (Å²) in [5.74, 6) is -0.699. The lowest BCUT2D eigenvalue weighted by molar-refractivity contribution is -0.120. The van der Waals surface area contributed by atoms with Crippen molar-refractivity contribution in [2.45, 2.75) is 0 Å². The highest BCUT2D eigenvalue weighted by molar-refractivity contribution is 6.33. The molecule has 1 heterocycles. The number of nitrogens with one attached hydrogen (secondary N) is 2. The maximum atomic E-state index is 11.7. The third-order valence-corrected chi connectivity index (χ3v) is 2.36. The molecule has 0 unspecified atom stereocenters. The van der Waals surface area contributed by atoms with E-state index < -0.39 is 5.91 Å². The van der Waals surface area contributed by atoms with Crippen LogP contribution in [0, 0.1) is 0 Å². The van der Waals surface area contributed by atoms with Gasteiger partial charge in [0.25, 0.3) is 5.91 Å². The quantitative estimate of drug-likeness (QED) is 0.726. The lowest BCUT2D eigenvalue weighted by Crippen LogP contribution is -2.38. The highest BCUT2D eigenvalue weighted by Gasteiger charge is 2.10. The normalized spacial score (nSPS) is 9.89. The van der Waals surface area contributed by atoms with Crippen LogP contribution in [-0.2, 0) is 9.53 Å². The van der Waals surface area contributed by atoms with Crippen molar-refractivity contribution in [2.24, 2.45) is 0 Å². The first-order chi connectivity index (χ1) is 8.65. The molecule has 7 heteroatoms. The van der Waals surface area contributed by atoms with Gasteiger partial charge in [0.1, 0.15) is 0 Å². The lowest BCUT2D eigenvalue weighted by atomic mass is 10.2. The van der Waals surface area contributed by atoms with Gasteiger partial charge in [-0.1, -0.05) is 11.6 Å². The Morgan fingerprint density at radius 1 is 1.44 bits per heavy atom. The van der Waals surface area contributed by atoms with Crippen LogP contribution in [0.1, 0.15) is 10.4 Å². The van der Waals surface area contributed by atoms with E-state index in [0.717, 1.165) is 0 Å². The first kappa shape index (κ1) is 14.4. The van der Waals surface area contributed by atoms with Crippen molar-refractivity contribution in [3.8, 4) is 0 Å². The van der Waals surface area contributed by atoms with Crippen molar-refractivity contribution >= 4 is 23.4 Å². The minimum absolute atomic E-state index is 0.110. The Morgan fingerprint density at radius 3 is 2.89 bits per heavy atom. The van der Waals surface area contributed by atoms with Crippen molar-refractivity contribution in [3.05, 3.63) is 29.0 Å². The molecule has 6 nitrogen and oxygen atoms in total. The fourth-order valence-corrected chi connectivity index (χ4v) is 1.38. The fraction of sp³-hybridized carbons (Fsp3) is 0.364. The van der Waals surface area contributed by atoms with Gasteiger partial charge in [-0.15, -0.1) is 0 Å². The number of rotatable bonds is 6. The highest BCUT2D eigenvalue weighted by Crippen LogP contribution is 2.12. The molecule has 0 saturated carbocycles. The van der Waals surface area contributed by atoms with Crippen molar-refractivity contribution < 1.29 is 14.3 Å². The fourth-order valence-electron chi connectivity index (χ4n) is 1.17. The molecular formula is C11H14ClN3O3. The monoisotopic (exact) mass is 271 g/mol. The average molecular weight is 272 g/mol. The summed E-state index contributed by atoms with van der Waals surface area (Å²) < 4.78 is 4.78. The maximum absolute atomic E-state index is 11.7. The van der Waals surface area contributed by atoms with Gasteiger partial charge in [-0.3, -0.25) is 14.6 Å². The van der Waals surface area contributed by atoms with E-state index in [1.165, 1.54) is 18.5 Å². The smallest absolute Gasteiger partial charge is 0.253 e. The van der Waals surface area contributed by atoms with E-state index in [2.05, 4.69) is 15.6 Å². The van der Waals surface area contributed by atoms with Gasteiger partial charge in [-0.2, -0.15) is 0 Å². The molecule has 98 valence electrons. The van der Waals surface area contributed by atoms with E-state index in [1.807, 2.05) is 0 Å². The maximum Gasteiger partial charge on any atom is 0.253 e. The molecule has 2 N–H and O–H groups in total. The Morgan fingerprint density at radius 2 is 2.22 bits per heavy atom. The Hall–Kier alpha value is -1.66. The minimum atomic E-state index is -0.413. The van der Waals surface area contributed by atoms with Crippen molar-refractivity contribution in [1.29, 1.82) is 0 Å². The summed E-state index contributed by atoms with van der Waals surface area (Å²) in [7, 11) is 1.54. The van der Waals surface area contributed by atoms with E-state index in [-0.39, 0.29) is 23.0 Å². The number of ether oxygens (including phenoxy) is 1. The molecule has 1 aromatic heterocycles. The van der Waals surface area contributed by atoms with Crippen LogP contribution in [0.15, 0.2) is 18.5 Å².